The minimum absolute atomic E-state index is 0.285. The van der Waals surface area contributed by atoms with Gasteiger partial charge in [-0.2, -0.15) is 0 Å². The van der Waals surface area contributed by atoms with E-state index in [1.165, 1.54) is 12.3 Å². The van der Waals surface area contributed by atoms with Gasteiger partial charge >= 0.3 is 0 Å². The molecule has 1 aromatic carbocycles. The predicted molar refractivity (Wildman–Crippen MR) is 53.8 cm³/mol. The van der Waals surface area contributed by atoms with Gasteiger partial charge in [0.2, 0.25) is 0 Å². The second-order valence-electron chi connectivity index (χ2n) is 3.68. The Morgan fingerprint density at radius 2 is 1.71 bits per heavy atom. The molecule has 0 aliphatic heterocycles. The lowest BCUT2D eigenvalue weighted by molar-refractivity contribution is 0.213. The Bertz CT molecular complexity index is 549. The monoisotopic (exact) mass is 242 g/mol. The van der Waals surface area contributed by atoms with Gasteiger partial charge in [0.25, 0.3) is 0 Å². The third-order valence-corrected chi connectivity index (χ3v) is 2.40. The number of hydrogen-bond donors (Lipinski definition) is 1. The summed E-state index contributed by atoms with van der Waals surface area (Å²) in [5.74, 6) is -2.97. The van der Waals surface area contributed by atoms with Crippen molar-refractivity contribution in [1.29, 1.82) is 0 Å². The van der Waals surface area contributed by atoms with Gasteiger partial charge in [-0.15, -0.1) is 0 Å². The molecule has 1 heterocycles. The van der Waals surface area contributed by atoms with E-state index in [1.54, 1.807) is 6.92 Å². The molecular formula is C12H9F3O2. The predicted octanol–water partition coefficient (Wildman–Crippen LogP) is 3.09. The van der Waals surface area contributed by atoms with Gasteiger partial charge in [0.15, 0.2) is 11.6 Å². The van der Waals surface area contributed by atoms with Crippen LogP contribution >= 0.6 is 0 Å². The van der Waals surface area contributed by atoms with Crippen LogP contribution in [0.25, 0.3) is 0 Å². The standard InChI is InChI=1S/C12H9F3O2/c1-6-2-7(5-17-6)12(16)8-3-10(14)11(15)4-9(8)13/h2-5,12,16H,1H3. The number of halogens is 3. The molecule has 0 saturated carbocycles. The zero-order chi connectivity index (χ0) is 12.6. The maximum Gasteiger partial charge on any atom is 0.161 e. The molecule has 0 aliphatic rings. The highest BCUT2D eigenvalue weighted by molar-refractivity contribution is 5.30. The largest absolute Gasteiger partial charge is 0.469 e. The molecule has 2 rings (SSSR count). The molecule has 1 aromatic heterocycles. The van der Waals surface area contributed by atoms with Crippen molar-refractivity contribution in [2.24, 2.45) is 0 Å². The lowest BCUT2D eigenvalue weighted by atomic mass is 10.0. The molecule has 0 bridgehead atoms. The summed E-state index contributed by atoms with van der Waals surface area (Å²) in [7, 11) is 0. The van der Waals surface area contributed by atoms with Crippen molar-refractivity contribution in [2.45, 2.75) is 13.0 Å². The fourth-order valence-corrected chi connectivity index (χ4v) is 1.53. The van der Waals surface area contributed by atoms with Crippen molar-refractivity contribution in [1.82, 2.24) is 0 Å². The second-order valence-corrected chi connectivity index (χ2v) is 3.68. The van der Waals surface area contributed by atoms with Crippen molar-refractivity contribution in [2.75, 3.05) is 0 Å². The number of aliphatic hydroxyl groups is 1. The molecule has 90 valence electrons. The first-order chi connectivity index (χ1) is 7.99. The Labute approximate surface area is 95.3 Å². The van der Waals surface area contributed by atoms with Crippen LogP contribution in [0.4, 0.5) is 13.2 Å². The van der Waals surface area contributed by atoms with Gasteiger partial charge in [0, 0.05) is 17.2 Å². The SMILES string of the molecule is Cc1cc(C(O)c2cc(F)c(F)cc2F)co1. The average molecular weight is 242 g/mol. The topological polar surface area (TPSA) is 33.4 Å². The van der Waals surface area contributed by atoms with Gasteiger partial charge in [-0.05, 0) is 19.1 Å². The molecule has 1 atom stereocenters. The van der Waals surface area contributed by atoms with Gasteiger partial charge in [-0.25, -0.2) is 13.2 Å². The van der Waals surface area contributed by atoms with E-state index in [2.05, 4.69) is 0 Å². The number of hydrogen-bond acceptors (Lipinski definition) is 2. The summed E-state index contributed by atoms with van der Waals surface area (Å²) in [5.41, 5.74) is -0.0443. The van der Waals surface area contributed by atoms with Crippen molar-refractivity contribution < 1.29 is 22.7 Å². The third-order valence-electron chi connectivity index (χ3n) is 2.40. The third kappa shape index (κ3) is 2.19. The number of aryl methyl sites for hydroxylation is 1. The van der Waals surface area contributed by atoms with Crippen LogP contribution in [0.2, 0.25) is 0 Å². The van der Waals surface area contributed by atoms with E-state index in [1.807, 2.05) is 0 Å². The van der Waals surface area contributed by atoms with Crippen LogP contribution in [0.3, 0.4) is 0 Å². The van der Waals surface area contributed by atoms with Crippen LogP contribution in [-0.4, -0.2) is 5.11 Å². The fourth-order valence-electron chi connectivity index (χ4n) is 1.53. The van der Waals surface area contributed by atoms with Crippen LogP contribution in [0.15, 0.2) is 28.9 Å². The normalized spacial score (nSPS) is 12.8. The molecule has 2 aromatic rings. The number of furan rings is 1. The van der Waals surface area contributed by atoms with Gasteiger partial charge in [-0.3, -0.25) is 0 Å². The van der Waals surface area contributed by atoms with Crippen LogP contribution < -0.4 is 0 Å². The molecule has 0 spiro atoms. The first kappa shape index (κ1) is 11.7. The minimum Gasteiger partial charge on any atom is -0.469 e. The van der Waals surface area contributed by atoms with E-state index in [0.29, 0.717) is 17.9 Å². The highest BCUT2D eigenvalue weighted by Gasteiger charge is 2.19. The van der Waals surface area contributed by atoms with Gasteiger partial charge in [-0.1, -0.05) is 0 Å². The quantitative estimate of drug-likeness (QED) is 0.821. The Balaban J connectivity index is 2.43. The Morgan fingerprint density at radius 1 is 1.06 bits per heavy atom. The minimum atomic E-state index is -1.39. The number of aliphatic hydroxyl groups excluding tert-OH is 1. The van der Waals surface area contributed by atoms with Crippen molar-refractivity contribution in [3.63, 3.8) is 0 Å². The molecule has 17 heavy (non-hydrogen) atoms. The zero-order valence-electron chi connectivity index (χ0n) is 8.88. The molecule has 0 radical (unpaired) electrons. The summed E-state index contributed by atoms with van der Waals surface area (Å²) in [4.78, 5) is 0. The molecule has 0 saturated heterocycles. The van der Waals surface area contributed by atoms with Gasteiger partial charge in [0.1, 0.15) is 17.7 Å². The van der Waals surface area contributed by atoms with Crippen molar-refractivity contribution in [3.8, 4) is 0 Å². The van der Waals surface area contributed by atoms with E-state index in [-0.39, 0.29) is 11.1 Å². The first-order valence-electron chi connectivity index (χ1n) is 4.86. The molecule has 2 nitrogen and oxygen atoms in total. The van der Waals surface area contributed by atoms with Gasteiger partial charge < -0.3 is 9.52 Å². The molecular weight excluding hydrogens is 233 g/mol. The maximum atomic E-state index is 13.4. The Morgan fingerprint density at radius 3 is 2.29 bits per heavy atom. The van der Waals surface area contributed by atoms with E-state index < -0.39 is 23.6 Å². The summed E-state index contributed by atoms with van der Waals surface area (Å²) >= 11 is 0. The summed E-state index contributed by atoms with van der Waals surface area (Å²) < 4.78 is 44.0. The summed E-state index contributed by atoms with van der Waals surface area (Å²) in [6, 6.07) is 2.53. The molecule has 0 fully saturated rings. The lowest BCUT2D eigenvalue weighted by Gasteiger charge is -2.10. The Hall–Kier alpha value is -1.75. The fraction of sp³-hybridized carbons (Fsp3) is 0.167. The summed E-state index contributed by atoms with van der Waals surface area (Å²) in [5, 5.41) is 9.81. The summed E-state index contributed by atoms with van der Waals surface area (Å²) in [6.07, 6.45) is -0.150. The average Bonchev–Trinajstić information content (AvgIpc) is 2.69. The number of benzene rings is 1. The highest BCUT2D eigenvalue weighted by atomic mass is 19.2. The van der Waals surface area contributed by atoms with E-state index in [4.69, 9.17) is 4.42 Å². The molecule has 5 heteroatoms. The smallest absolute Gasteiger partial charge is 0.161 e. The van der Waals surface area contributed by atoms with E-state index in [9.17, 15) is 18.3 Å². The van der Waals surface area contributed by atoms with Crippen molar-refractivity contribution in [3.05, 3.63) is 58.8 Å². The van der Waals surface area contributed by atoms with Crippen LogP contribution in [0.1, 0.15) is 23.0 Å². The van der Waals surface area contributed by atoms with Crippen LogP contribution in [0.5, 0.6) is 0 Å². The second kappa shape index (κ2) is 4.25. The maximum absolute atomic E-state index is 13.4. The van der Waals surface area contributed by atoms with Crippen molar-refractivity contribution >= 4 is 0 Å². The molecule has 1 unspecified atom stereocenters. The zero-order valence-corrected chi connectivity index (χ0v) is 8.88. The molecule has 0 aliphatic carbocycles. The van der Waals surface area contributed by atoms with E-state index in [0.717, 1.165) is 0 Å². The highest BCUT2D eigenvalue weighted by Crippen LogP contribution is 2.27. The first-order valence-corrected chi connectivity index (χ1v) is 4.86. The van der Waals surface area contributed by atoms with Gasteiger partial charge in [0.05, 0.1) is 6.26 Å². The Kier molecular flexibility index (Phi) is 2.93. The number of rotatable bonds is 2. The lowest BCUT2D eigenvalue weighted by Crippen LogP contribution is -2.03. The van der Waals surface area contributed by atoms with Crippen LogP contribution in [-0.2, 0) is 0 Å². The van der Waals surface area contributed by atoms with E-state index >= 15 is 0 Å². The summed E-state index contributed by atoms with van der Waals surface area (Å²) in [6.45, 7) is 1.65. The molecule has 1 N–H and O–H groups in total. The molecule has 0 amide bonds. The van der Waals surface area contributed by atoms with Crippen LogP contribution in [0, 0.1) is 24.4 Å².